The zero-order chi connectivity index (χ0) is 22.9. The van der Waals surface area contributed by atoms with Gasteiger partial charge in [-0.05, 0) is 48.5 Å². The van der Waals surface area contributed by atoms with Gasteiger partial charge in [0.2, 0.25) is 0 Å². The van der Waals surface area contributed by atoms with Gasteiger partial charge >= 0.3 is 12.2 Å². The maximum atomic E-state index is 13.4. The SMILES string of the molecule is C[C@H]1c2cc(Oc3ccncc3)ccc2O[C@H]1NC(=O)Nc1ccc(F)c(C(F)(F)F)c1. The standard InChI is InChI=1S/C22H17F4N3O3/c1-12-16-11-15(31-14-6-8-27-9-7-14)3-5-19(16)32-20(12)29-21(30)28-13-2-4-18(23)17(10-13)22(24,25)26/h2-12,20H,1H3,(H2,28,29,30)/t12-,20+/m0/s1. The Morgan fingerprint density at radius 3 is 2.53 bits per heavy atom. The van der Waals surface area contributed by atoms with Crippen LogP contribution < -0.4 is 20.1 Å². The second-order valence-corrected chi connectivity index (χ2v) is 7.10. The summed E-state index contributed by atoms with van der Waals surface area (Å²) < 4.78 is 63.5. The lowest BCUT2D eigenvalue weighted by Gasteiger charge is -2.18. The van der Waals surface area contributed by atoms with Crippen LogP contribution in [0.1, 0.15) is 24.0 Å². The molecule has 4 rings (SSSR count). The quantitative estimate of drug-likeness (QED) is 0.505. The van der Waals surface area contributed by atoms with Gasteiger partial charge in [-0.25, -0.2) is 9.18 Å². The number of alkyl halides is 3. The van der Waals surface area contributed by atoms with Crippen molar-refractivity contribution in [2.45, 2.75) is 25.2 Å². The van der Waals surface area contributed by atoms with Crippen LogP contribution >= 0.6 is 0 Å². The van der Waals surface area contributed by atoms with Gasteiger partial charge in [0.25, 0.3) is 0 Å². The Balaban J connectivity index is 1.42. The third-order valence-electron chi connectivity index (χ3n) is 4.87. The summed E-state index contributed by atoms with van der Waals surface area (Å²) >= 11 is 0. The summed E-state index contributed by atoms with van der Waals surface area (Å²) in [7, 11) is 0. The molecule has 3 aromatic rings. The van der Waals surface area contributed by atoms with Crippen LogP contribution in [0.2, 0.25) is 0 Å². The van der Waals surface area contributed by atoms with Gasteiger partial charge in [-0.2, -0.15) is 13.2 Å². The van der Waals surface area contributed by atoms with Gasteiger partial charge < -0.3 is 20.1 Å². The number of hydrogen-bond donors (Lipinski definition) is 2. The maximum absolute atomic E-state index is 13.4. The summed E-state index contributed by atoms with van der Waals surface area (Å²) in [6, 6.07) is 10.1. The summed E-state index contributed by atoms with van der Waals surface area (Å²) in [5, 5.41) is 4.84. The first-order valence-corrected chi connectivity index (χ1v) is 9.53. The van der Waals surface area contributed by atoms with Crippen molar-refractivity contribution in [1.82, 2.24) is 10.3 Å². The summed E-state index contributed by atoms with van der Waals surface area (Å²) in [4.78, 5) is 16.2. The summed E-state index contributed by atoms with van der Waals surface area (Å²) in [5.41, 5.74) is -0.870. The molecule has 2 atom stereocenters. The molecule has 2 N–H and O–H groups in total. The summed E-state index contributed by atoms with van der Waals surface area (Å²) in [6.07, 6.45) is -2.43. The van der Waals surface area contributed by atoms with Gasteiger partial charge in [-0.15, -0.1) is 0 Å². The maximum Gasteiger partial charge on any atom is 0.419 e. The number of fused-ring (bicyclic) bond motifs is 1. The number of carbonyl (C=O) groups excluding carboxylic acids is 1. The van der Waals surface area contributed by atoms with Crippen molar-refractivity contribution in [3.05, 3.63) is 77.9 Å². The van der Waals surface area contributed by atoms with E-state index in [1.165, 1.54) is 0 Å². The number of pyridine rings is 1. The minimum Gasteiger partial charge on any atom is -0.470 e. The minimum atomic E-state index is -4.88. The molecule has 2 heterocycles. The monoisotopic (exact) mass is 447 g/mol. The lowest BCUT2D eigenvalue weighted by Crippen LogP contribution is -2.42. The Kier molecular flexibility index (Phi) is 5.60. The molecule has 1 aliphatic heterocycles. The molecule has 0 radical (unpaired) electrons. The molecule has 0 bridgehead atoms. The molecule has 0 spiro atoms. The van der Waals surface area contributed by atoms with Gasteiger partial charge in [0.05, 0.1) is 5.56 Å². The van der Waals surface area contributed by atoms with Gasteiger partial charge in [0, 0.05) is 29.6 Å². The number of halogens is 4. The zero-order valence-electron chi connectivity index (χ0n) is 16.6. The van der Waals surface area contributed by atoms with Crippen molar-refractivity contribution in [1.29, 1.82) is 0 Å². The summed E-state index contributed by atoms with van der Waals surface area (Å²) in [5.74, 6) is 0.0396. The molecule has 2 aromatic carbocycles. The molecule has 6 nitrogen and oxygen atoms in total. The number of anilines is 1. The van der Waals surface area contributed by atoms with Gasteiger partial charge in [-0.1, -0.05) is 6.92 Å². The van der Waals surface area contributed by atoms with Crippen molar-refractivity contribution < 1.29 is 31.8 Å². The lowest BCUT2D eigenvalue weighted by atomic mass is 10.0. The Morgan fingerprint density at radius 1 is 1.06 bits per heavy atom. The molecular formula is C22H17F4N3O3. The molecule has 0 saturated heterocycles. The van der Waals surface area contributed by atoms with E-state index in [1.807, 2.05) is 6.92 Å². The lowest BCUT2D eigenvalue weighted by molar-refractivity contribution is -0.139. The number of amides is 2. The first kappa shape index (κ1) is 21.4. The normalized spacial score (nSPS) is 17.3. The van der Waals surface area contributed by atoms with Crippen LogP contribution in [0.4, 0.5) is 28.0 Å². The number of carbonyl (C=O) groups is 1. The topological polar surface area (TPSA) is 72.5 Å². The molecule has 0 unspecified atom stereocenters. The average Bonchev–Trinajstić information content (AvgIpc) is 3.04. The van der Waals surface area contributed by atoms with Crippen molar-refractivity contribution in [3.63, 3.8) is 0 Å². The number of hydrogen-bond acceptors (Lipinski definition) is 4. The second-order valence-electron chi connectivity index (χ2n) is 7.10. The fraction of sp³-hybridized carbons (Fsp3) is 0.182. The number of aromatic nitrogens is 1. The molecule has 166 valence electrons. The molecule has 2 amide bonds. The fourth-order valence-electron chi connectivity index (χ4n) is 3.27. The number of nitrogens with zero attached hydrogens (tertiary/aromatic N) is 1. The average molecular weight is 447 g/mol. The number of ether oxygens (including phenoxy) is 2. The van der Waals surface area contributed by atoms with Crippen LogP contribution in [-0.4, -0.2) is 17.2 Å². The van der Waals surface area contributed by atoms with Crippen molar-refractivity contribution in [2.75, 3.05) is 5.32 Å². The van der Waals surface area contributed by atoms with Crippen LogP contribution in [0.15, 0.2) is 60.9 Å². The third-order valence-corrected chi connectivity index (χ3v) is 4.87. The van der Waals surface area contributed by atoms with Crippen molar-refractivity contribution in [2.24, 2.45) is 0 Å². The first-order chi connectivity index (χ1) is 15.2. The highest BCUT2D eigenvalue weighted by Crippen LogP contribution is 2.40. The van der Waals surface area contributed by atoms with E-state index in [2.05, 4.69) is 15.6 Å². The van der Waals surface area contributed by atoms with Gasteiger partial charge in [-0.3, -0.25) is 4.98 Å². The molecule has 32 heavy (non-hydrogen) atoms. The molecule has 10 heteroatoms. The highest BCUT2D eigenvalue weighted by Gasteiger charge is 2.35. The smallest absolute Gasteiger partial charge is 0.419 e. The predicted octanol–water partition coefficient (Wildman–Crippen LogP) is 5.68. The van der Waals surface area contributed by atoms with Crippen LogP contribution in [-0.2, 0) is 6.18 Å². The van der Waals surface area contributed by atoms with E-state index in [0.717, 1.165) is 11.6 Å². The highest BCUT2D eigenvalue weighted by molar-refractivity contribution is 5.89. The first-order valence-electron chi connectivity index (χ1n) is 9.53. The molecule has 1 aliphatic rings. The van der Waals surface area contributed by atoms with Crippen LogP contribution in [0.5, 0.6) is 17.2 Å². The number of nitrogens with one attached hydrogen (secondary N) is 2. The Morgan fingerprint density at radius 2 is 1.81 bits per heavy atom. The Labute approximate surface area is 180 Å². The van der Waals surface area contributed by atoms with Crippen LogP contribution in [0.25, 0.3) is 0 Å². The molecule has 0 aliphatic carbocycles. The third kappa shape index (κ3) is 4.58. The van der Waals surface area contributed by atoms with E-state index >= 15 is 0 Å². The van der Waals surface area contributed by atoms with Crippen molar-refractivity contribution >= 4 is 11.7 Å². The number of benzene rings is 2. The zero-order valence-corrected chi connectivity index (χ0v) is 16.6. The number of urea groups is 1. The molecule has 0 fully saturated rings. The molecule has 0 saturated carbocycles. The van der Waals surface area contributed by atoms with Crippen LogP contribution in [0, 0.1) is 5.82 Å². The summed E-state index contributed by atoms with van der Waals surface area (Å²) in [6.45, 7) is 1.83. The van der Waals surface area contributed by atoms with E-state index < -0.39 is 29.8 Å². The van der Waals surface area contributed by atoms with E-state index in [1.54, 1.807) is 42.7 Å². The number of rotatable bonds is 4. The fourth-order valence-corrected chi connectivity index (χ4v) is 3.27. The van der Waals surface area contributed by atoms with E-state index in [4.69, 9.17) is 9.47 Å². The second kappa shape index (κ2) is 8.37. The molecular weight excluding hydrogens is 430 g/mol. The van der Waals surface area contributed by atoms with Gasteiger partial charge in [0.1, 0.15) is 23.1 Å². The predicted molar refractivity (Wildman–Crippen MR) is 107 cm³/mol. The van der Waals surface area contributed by atoms with E-state index in [0.29, 0.717) is 29.4 Å². The minimum absolute atomic E-state index is 0.201. The van der Waals surface area contributed by atoms with Crippen molar-refractivity contribution in [3.8, 4) is 17.2 Å². The largest absolute Gasteiger partial charge is 0.470 e. The van der Waals surface area contributed by atoms with Gasteiger partial charge in [0.15, 0.2) is 6.23 Å². The van der Waals surface area contributed by atoms with Crippen LogP contribution in [0.3, 0.4) is 0 Å². The molecule has 1 aromatic heterocycles. The van der Waals surface area contributed by atoms with E-state index in [-0.39, 0.29) is 11.6 Å². The van der Waals surface area contributed by atoms with E-state index in [9.17, 15) is 22.4 Å². The Hall–Kier alpha value is -3.82. The Bertz CT molecular complexity index is 1140. The highest BCUT2D eigenvalue weighted by atomic mass is 19.4.